The predicted octanol–water partition coefficient (Wildman–Crippen LogP) is 10.0. The van der Waals surface area contributed by atoms with Crippen LogP contribution < -0.4 is 0 Å². The van der Waals surface area contributed by atoms with Crippen LogP contribution in [0.5, 0.6) is 0 Å². The van der Waals surface area contributed by atoms with Gasteiger partial charge in [-0.25, -0.2) is 0 Å². The average Bonchev–Trinajstić information content (AvgIpc) is 3.28. The third-order valence-electron chi connectivity index (χ3n) is 6.68. The highest BCUT2D eigenvalue weighted by atomic mass is 16.3. The van der Waals surface area contributed by atoms with Gasteiger partial charge in [0.15, 0.2) is 0 Å². The third kappa shape index (κ3) is 6.38. The molecule has 4 aromatic rings. The van der Waals surface area contributed by atoms with E-state index >= 15 is 0 Å². The van der Waals surface area contributed by atoms with Crippen molar-refractivity contribution in [3.05, 3.63) is 83.9 Å². The third-order valence-corrected chi connectivity index (χ3v) is 6.68. The Kier molecular flexibility index (Phi) is 8.41. The number of aryl methyl sites for hydroxylation is 2. The lowest BCUT2D eigenvalue weighted by molar-refractivity contribution is 0.630. The highest BCUT2D eigenvalue weighted by molar-refractivity contribution is 5.87. The summed E-state index contributed by atoms with van der Waals surface area (Å²) in [4.78, 5) is 0. The molecule has 0 spiro atoms. The van der Waals surface area contributed by atoms with Gasteiger partial charge in [0, 0.05) is 10.9 Å². The van der Waals surface area contributed by atoms with Crippen molar-refractivity contribution in [3.8, 4) is 22.5 Å². The van der Waals surface area contributed by atoms with Crippen LogP contribution in [0.15, 0.2) is 77.2 Å². The first-order chi connectivity index (χ1) is 16.3. The van der Waals surface area contributed by atoms with Crippen molar-refractivity contribution in [2.75, 3.05) is 0 Å². The van der Waals surface area contributed by atoms with Crippen LogP contribution in [0.25, 0.3) is 33.4 Å². The Balaban J connectivity index is 1.42. The molecule has 0 fully saturated rings. The molecule has 0 atom stereocenters. The van der Waals surface area contributed by atoms with E-state index in [-0.39, 0.29) is 0 Å². The molecule has 0 aliphatic rings. The topological polar surface area (TPSA) is 13.1 Å². The monoisotopic (exact) mass is 438 g/mol. The van der Waals surface area contributed by atoms with Crippen LogP contribution >= 0.6 is 0 Å². The normalized spacial score (nSPS) is 11.3. The fourth-order valence-electron chi connectivity index (χ4n) is 4.58. The lowest BCUT2D eigenvalue weighted by Gasteiger charge is -2.05. The van der Waals surface area contributed by atoms with Crippen molar-refractivity contribution in [3.63, 3.8) is 0 Å². The minimum atomic E-state index is 0.947. The summed E-state index contributed by atoms with van der Waals surface area (Å²) in [7, 11) is 0. The predicted molar refractivity (Wildman–Crippen MR) is 143 cm³/mol. The van der Waals surface area contributed by atoms with E-state index in [2.05, 4.69) is 86.6 Å². The Morgan fingerprint density at radius 1 is 0.515 bits per heavy atom. The second kappa shape index (κ2) is 11.9. The summed E-state index contributed by atoms with van der Waals surface area (Å²) in [5.41, 5.74) is 7.47. The summed E-state index contributed by atoms with van der Waals surface area (Å²) in [6.07, 6.45) is 12.8. The second-order valence-corrected chi connectivity index (χ2v) is 9.38. The largest absolute Gasteiger partial charge is 0.456 e. The second-order valence-electron chi connectivity index (χ2n) is 9.38. The van der Waals surface area contributed by atoms with Gasteiger partial charge in [-0.05, 0) is 66.1 Å². The quantitative estimate of drug-likeness (QED) is 0.201. The summed E-state index contributed by atoms with van der Waals surface area (Å²) in [6, 6.07) is 26.7. The van der Waals surface area contributed by atoms with Crippen LogP contribution in [0.1, 0.15) is 76.3 Å². The van der Waals surface area contributed by atoms with Gasteiger partial charge in [0.1, 0.15) is 11.3 Å². The Bertz CT molecular complexity index is 1120. The average molecular weight is 439 g/mol. The van der Waals surface area contributed by atoms with E-state index in [4.69, 9.17) is 4.42 Å². The SMILES string of the molecule is CCCCCCCc1ccc(-c2cc3cc(-c4ccc(CCCCC)cc4)ccc3o2)cc1. The summed E-state index contributed by atoms with van der Waals surface area (Å²) >= 11 is 0. The molecule has 1 nitrogen and oxygen atoms in total. The zero-order chi connectivity index (χ0) is 22.9. The maximum Gasteiger partial charge on any atom is 0.135 e. The van der Waals surface area contributed by atoms with Gasteiger partial charge in [-0.1, -0.05) is 107 Å². The van der Waals surface area contributed by atoms with Crippen LogP contribution in [0, 0.1) is 0 Å². The molecular weight excluding hydrogens is 400 g/mol. The zero-order valence-electron chi connectivity index (χ0n) is 20.4. The molecule has 3 aromatic carbocycles. The summed E-state index contributed by atoms with van der Waals surface area (Å²) < 4.78 is 6.18. The maximum atomic E-state index is 6.18. The van der Waals surface area contributed by atoms with E-state index in [1.807, 2.05) is 0 Å². The van der Waals surface area contributed by atoms with Gasteiger partial charge in [0.25, 0.3) is 0 Å². The fraction of sp³-hybridized carbons (Fsp3) is 0.375. The van der Waals surface area contributed by atoms with Gasteiger partial charge in [-0.2, -0.15) is 0 Å². The van der Waals surface area contributed by atoms with Crippen molar-refractivity contribution >= 4 is 11.0 Å². The van der Waals surface area contributed by atoms with Gasteiger partial charge in [0.2, 0.25) is 0 Å². The Morgan fingerprint density at radius 2 is 1.06 bits per heavy atom. The minimum absolute atomic E-state index is 0.947. The summed E-state index contributed by atoms with van der Waals surface area (Å²) in [5, 5.41) is 1.16. The first kappa shape index (κ1) is 23.4. The first-order valence-corrected chi connectivity index (χ1v) is 13.0. The van der Waals surface area contributed by atoms with E-state index in [9.17, 15) is 0 Å². The van der Waals surface area contributed by atoms with Gasteiger partial charge in [-0.15, -0.1) is 0 Å². The zero-order valence-corrected chi connectivity index (χ0v) is 20.4. The molecule has 4 rings (SSSR count). The number of hydrogen-bond donors (Lipinski definition) is 0. The van der Waals surface area contributed by atoms with Gasteiger partial charge >= 0.3 is 0 Å². The van der Waals surface area contributed by atoms with E-state index < -0.39 is 0 Å². The van der Waals surface area contributed by atoms with E-state index in [1.54, 1.807) is 0 Å². The van der Waals surface area contributed by atoms with Crippen LogP contribution in [-0.4, -0.2) is 0 Å². The molecule has 0 N–H and O–H groups in total. The van der Waals surface area contributed by atoms with Gasteiger partial charge in [0.05, 0.1) is 0 Å². The molecule has 0 bridgehead atoms. The molecule has 0 aliphatic heterocycles. The highest BCUT2D eigenvalue weighted by Gasteiger charge is 2.08. The maximum absolute atomic E-state index is 6.18. The van der Waals surface area contributed by atoms with Crippen LogP contribution in [0.3, 0.4) is 0 Å². The minimum Gasteiger partial charge on any atom is -0.456 e. The molecule has 33 heavy (non-hydrogen) atoms. The van der Waals surface area contributed by atoms with E-state index in [0.717, 1.165) is 22.3 Å². The molecule has 1 heteroatoms. The van der Waals surface area contributed by atoms with Crippen LogP contribution in [0.4, 0.5) is 0 Å². The standard InChI is InChI=1S/C32H38O/c1-3-5-7-8-10-12-26-15-19-28(20-16-26)32-24-30-23-29(21-22-31(30)33-32)27-17-13-25(14-18-27)11-9-6-4-2/h13-24H,3-12H2,1-2H3. The number of fused-ring (bicyclic) bond motifs is 1. The Labute approximate surface area is 199 Å². The number of hydrogen-bond acceptors (Lipinski definition) is 1. The number of rotatable bonds is 12. The summed E-state index contributed by atoms with van der Waals surface area (Å²) in [5.74, 6) is 0.947. The van der Waals surface area contributed by atoms with Crippen molar-refractivity contribution < 1.29 is 4.42 Å². The molecule has 0 amide bonds. The van der Waals surface area contributed by atoms with E-state index in [0.29, 0.717) is 0 Å². The van der Waals surface area contributed by atoms with Gasteiger partial charge in [-0.3, -0.25) is 0 Å². The molecule has 0 radical (unpaired) electrons. The van der Waals surface area contributed by atoms with Crippen molar-refractivity contribution in [1.29, 1.82) is 0 Å². The van der Waals surface area contributed by atoms with Crippen LogP contribution in [0.2, 0.25) is 0 Å². The summed E-state index contributed by atoms with van der Waals surface area (Å²) in [6.45, 7) is 4.52. The molecule has 0 aliphatic carbocycles. The lowest BCUT2D eigenvalue weighted by Crippen LogP contribution is -1.86. The number of unbranched alkanes of at least 4 members (excludes halogenated alkanes) is 6. The number of benzene rings is 3. The molecule has 0 saturated carbocycles. The Hall–Kier alpha value is -2.80. The molecule has 1 aromatic heterocycles. The van der Waals surface area contributed by atoms with Crippen molar-refractivity contribution in [2.45, 2.75) is 78.1 Å². The van der Waals surface area contributed by atoms with E-state index in [1.165, 1.54) is 86.5 Å². The lowest BCUT2D eigenvalue weighted by atomic mass is 10.0. The van der Waals surface area contributed by atoms with Crippen molar-refractivity contribution in [1.82, 2.24) is 0 Å². The van der Waals surface area contributed by atoms with Gasteiger partial charge < -0.3 is 4.42 Å². The molecule has 0 saturated heterocycles. The molecular formula is C32H38O. The first-order valence-electron chi connectivity index (χ1n) is 13.0. The molecule has 172 valence electrons. The van der Waals surface area contributed by atoms with Crippen molar-refractivity contribution in [2.24, 2.45) is 0 Å². The number of furan rings is 1. The molecule has 1 heterocycles. The fourth-order valence-corrected chi connectivity index (χ4v) is 4.58. The van der Waals surface area contributed by atoms with Crippen LogP contribution in [-0.2, 0) is 12.8 Å². The highest BCUT2D eigenvalue weighted by Crippen LogP contribution is 2.31. The molecule has 0 unspecified atom stereocenters. The smallest absolute Gasteiger partial charge is 0.135 e. The Morgan fingerprint density at radius 3 is 1.73 bits per heavy atom.